The van der Waals surface area contributed by atoms with Crippen molar-refractivity contribution in [2.24, 2.45) is 0 Å². The van der Waals surface area contributed by atoms with E-state index in [0.29, 0.717) is 92.4 Å². The van der Waals surface area contributed by atoms with Crippen molar-refractivity contribution in [2.45, 2.75) is 26.4 Å². The molecule has 0 aliphatic carbocycles. The van der Waals surface area contributed by atoms with Gasteiger partial charge in [-0.1, -0.05) is 0 Å². The Morgan fingerprint density at radius 3 is 1.29 bits per heavy atom. The molecule has 0 aromatic heterocycles. The zero-order chi connectivity index (χ0) is 26.2. The summed E-state index contributed by atoms with van der Waals surface area (Å²) in [5.41, 5.74) is -0.508. The fraction of sp³-hybridized carbons (Fsp3) is 0.913. The van der Waals surface area contributed by atoms with Crippen LogP contribution in [-0.2, 0) is 47.4 Å². The predicted molar refractivity (Wildman–Crippen MR) is 127 cm³/mol. The topological polar surface area (TPSA) is 120 Å². The fourth-order valence-electron chi connectivity index (χ4n) is 2.17. The van der Waals surface area contributed by atoms with Gasteiger partial charge in [-0.3, -0.25) is 0 Å². The van der Waals surface area contributed by atoms with Crippen molar-refractivity contribution in [3.63, 3.8) is 0 Å². The fourth-order valence-corrected chi connectivity index (χ4v) is 2.17. The molecular formula is C23H45NO11. The Bertz CT molecular complexity index is 514. The quantitative estimate of drug-likeness (QED) is 0.145. The Labute approximate surface area is 209 Å². The minimum absolute atomic E-state index is 0.0719. The minimum Gasteiger partial charge on any atom is -0.467 e. The number of carbonyl (C=O) groups excluding carboxylic acids is 2. The van der Waals surface area contributed by atoms with Gasteiger partial charge < -0.3 is 47.5 Å². The zero-order valence-corrected chi connectivity index (χ0v) is 22.0. The minimum atomic E-state index is -0.508. The van der Waals surface area contributed by atoms with Gasteiger partial charge in [-0.25, -0.2) is 9.59 Å². The van der Waals surface area contributed by atoms with Gasteiger partial charge >= 0.3 is 12.1 Å². The molecule has 12 nitrogen and oxygen atoms in total. The van der Waals surface area contributed by atoms with Crippen molar-refractivity contribution < 1.29 is 52.2 Å². The summed E-state index contributed by atoms with van der Waals surface area (Å²) in [6, 6.07) is 0. The maximum atomic E-state index is 11.8. The third-order valence-electron chi connectivity index (χ3n) is 3.96. The first kappa shape index (κ1) is 33.5. The van der Waals surface area contributed by atoms with Gasteiger partial charge in [-0.05, 0) is 20.8 Å². The Morgan fingerprint density at radius 2 is 0.943 bits per heavy atom. The average Bonchev–Trinajstić information content (AvgIpc) is 2.80. The summed E-state index contributed by atoms with van der Waals surface area (Å²) in [4.78, 5) is 24.1. The molecule has 0 spiro atoms. The second kappa shape index (κ2) is 22.9. The molecule has 0 aliphatic heterocycles. The molecule has 0 aromatic carbocycles. The molecule has 0 unspecified atom stereocenters. The highest BCUT2D eigenvalue weighted by Gasteiger charge is 2.19. The molecule has 208 valence electrons. The van der Waals surface area contributed by atoms with Gasteiger partial charge in [0.15, 0.2) is 0 Å². The number of rotatable bonds is 23. The number of hydrogen-bond donors (Lipinski definition) is 0. The number of amides is 1. The maximum Gasteiger partial charge on any atom is 0.410 e. The summed E-state index contributed by atoms with van der Waals surface area (Å²) < 4.78 is 47.1. The van der Waals surface area contributed by atoms with Crippen molar-refractivity contribution in [3.05, 3.63) is 0 Å². The van der Waals surface area contributed by atoms with E-state index in [-0.39, 0.29) is 12.7 Å². The number of ether oxygens (including phenoxy) is 9. The van der Waals surface area contributed by atoms with E-state index in [4.69, 9.17) is 37.9 Å². The van der Waals surface area contributed by atoms with Crippen molar-refractivity contribution in [1.29, 1.82) is 0 Å². The number of nitrogens with zero attached hydrogens (tertiary/aromatic N) is 1. The number of methoxy groups -OCH3 is 1. The van der Waals surface area contributed by atoms with E-state index >= 15 is 0 Å². The van der Waals surface area contributed by atoms with Crippen LogP contribution >= 0.6 is 0 Å². The second-order valence-corrected chi connectivity index (χ2v) is 8.20. The largest absolute Gasteiger partial charge is 0.467 e. The summed E-state index contributed by atoms with van der Waals surface area (Å²) in [5.74, 6) is -0.410. The first-order valence-corrected chi connectivity index (χ1v) is 11.8. The average molecular weight is 512 g/mol. The SMILES string of the molecule is COC(=O)COCCOCCOCCOCCOCCOCCOCCN(C)C(=O)OC(C)(C)C. The van der Waals surface area contributed by atoms with Crippen molar-refractivity contribution in [1.82, 2.24) is 4.90 Å². The van der Waals surface area contributed by atoms with Gasteiger partial charge in [-0.2, -0.15) is 0 Å². The predicted octanol–water partition coefficient (Wildman–Crippen LogP) is 1.14. The molecule has 0 heterocycles. The van der Waals surface area contributed by atoms with E-state index in [2.05, 4.69) is 4.74 Å². The van der Waals surface area contributed by atoms with Gasteiger partial charge in [-0.15, -0.1) is 0 Å². The Hall–Kier alpha value is -1.54. The van der Waals surface area contributed by atoms with E-state index in [0.717, 1.165) is 0 Å². The first-order valence-electron chi connectivity index (χ1n) is 11.8. The highest BCUT2D eigenvalue weighted by molar-refractivity contribution is 5.70. The van der Waals surface area contributed by atoms with Crippen LogP contribution in [0.4, 0.5) is 4.79 Å². The van der Waals surface area contributed by atoms with Crippen molar-refractivity contribution >= 4 is 12.1 Å². The van der Waals surface area contributed by atoms with Crippen LogP contribution in [0.5, 0.6) is 0 Å². The lowest BCUT2D eigenvalue weighted by atomic mass is 10.2. The molecule has 0 saturated heterocycles. The van der Waals surface area contributed by atoms with Crippen LogP contribution in [0.3, 0.4) is 0 Å². The zero-order valence-electron chi connectivity index (χ0n) is 22.0. The maximum absolute atomic E-state index is 11.8. The standard InChI is InChI=1S/C23H45NO11/c1-23(2,3)35-22(26)24(4)6-7-28-8-9-29-10-11-30-12-13-31-14-15-32-16-17-33-18-19-34-20-21(25)27-5/h6-20H2,1-5H3. The Morgan fingerprint density at radius 1 is 0.600 bits per heavy atom. The van der Waals surface area contributed by atoms with Gasteiger partial charge in [0.25, 0.3) is 0 Å². The van der Waals surface area contributed by atoms with E-state index in [1.807, 2.05) is 20.8 Å². The van der Waals surface area contributed by atoms with Crippen LogP contribution in [0.15, 0.2) is 0 Å². The molecule has 0 N–H and O–H groups in total. The Balaban J connectivity index is 3.21. The molecular weight excluding hydrogens is 466 g/mol. The van der Waals surface area contributed by atoms with Crippen LogP contribution in [0.1, 0.15) is 20.8 Å². The number of esters is 1. The smallest absolute Gasteiger partial charge is 0.410 e. The van der Waals surface area contributed by atoms with Crippen LogP contribution < -0.4 is 0 Å². The molecule has 0 aromatic rings. The number of likely N-dealkylation sites (N-methyl/N-ethyl adjacent to an activating group) is 1. The van der Waals surface area contributed by atoms with Crippen molar-refractivity contribution in [3.8, 4) is 0 Å². The third kappa shape index (κ3) is 25.4. The van der Waals surface area contributed by atoms with E-state index < -0.39 is 11.6 Å². The lowest BCUT2D eigenvalue weighted by Crippen LogP contribution is -2.36. The van der Waals surface area contributed by atoms with Gasteiger partial charge in [0.05, 0.1) is 93.0 Å². The molecule has 0 aliphatic rings. The monoisotopic (exact) mass is 511 g/mol. The second-order valence-electron chi connectivity index (χ2n) is 8.20. The number of hydrogen-bond acceptors (Lipinski definition) is 11. The highest BCUT2D eigenvalue weighted by atomic mass is 16.6. The molecule has 0 saturated carbocycles. The van der Waals surface area contributed by atoms with Crippen LogP contribution in [-0.4, -0.2) is 136 Å². The summed E-state index contributed by atoms with van der Waals surface area (Å²) in [6.07, 6.45) is -0.367. The molecule has 35 heavy (non-hydrogen) atoms. The first-order chi connectivity index (χ1) is 16.8. The van der Waals surface area contributed by atoms with E-state index in [9.17, 15) is 9.59 Å². The van der Waals surface area contributed by atoms with Crippen LogP contribution in [0.2, 0.25) is 0 Å². The molecule has 0 atom stereocenters. The van der Waals surface area contributed by atoms with E-state index in [1.165, 1.54) is 12.0 Å². The van der Waals surface area contributed by atoms with Gasteiger partial charge in [0.1, 0.15) is 12.2 Å². The highest BCUT2D eigenvalue weighted by Crippen LogP contribution is 2.08. The molecule has 12 heteroatoms. The van der Waals surface area contributed by atoms with Crippen LogP contribution in [0.25, 0.3) is 0 Å². The number of carbonyl (C=O) groups is 2. The van der Waals surface area contributed by atoms with Gasteiger partial charge in [0.2, 0.25) is 0 Å². The Kier molecular flexibility index (Phi) is 21.9. The van der Waals surface area contributed by atoms with Crippen LogP contribution in [0, 0.1) is 0 Å². The summed E-state index contributed by atoms with van der Waals surface area (Å²) in [6.45, 7) is 11.6. The lowest BCUT2D eigenvalue weighted by Gasteiger charge is -2.24. The van der Waals surface area contributed by atoms with Crippen molar-refractivity contribution in [2.75, 3.05) is 113 Å². The summed E-state index contributed by atoms with van der Waals surface area (Å²) in [5, 5.41) is 0. The normalized spacial score (nSPS) is 11.5. The summed E-state index contributed by atoms with van der Waals surface area (Å²) in [7, 11) is 2.99. The molecule has 0 bridgehead atoms. The van der Waals surface area contributed by atoms with E-state index in [1.54, 1.807) is 7.05 Å². The molecule has 0 rings (SSSR count). The third-order valence-corrected chi connectivity index (χ3v) is 3.96. The molecule has 0 fully saturated rings. The van der Waals surface area contributed by atoms with Gasteiger partial charge in [0, 0.05) is 13.6 Å². The molecule has 0 radical (unpaired) electrons. The lowest BCUT2D eigenvalue weighted by molar-refractivity contribution is -0.146. The summed E-state index contributed by atoms with van der Waals surface area (Å²) >= 11 is 0. The molecule has 1 amide bonds.